The molecule has 0 saturated heterocycles. The Morgan fingerprint density at radius 3 is 2.95 bits per heavy atom. The summed E-state index contributed by atoms with van der Waals surface area (Å²) >= 11 is 11.1. The number of halogens is 1. The van der Waals surface area contributed by atoms with Crippen LogP contribution < -0.4 is 10.5 Å². The molecule has 0 amide bonds. The number of aryl methyl sites for hydroxylation is 1. The van der Waals surface area contributed by atoms with Crippen LogP contribution in [0.5, 0.6) is 5.75 Å². The van der Waals surface area contributed by atoms with Crippen LogP contribution in [0.25, 0.3) is 0 Å². The minimum atomic E-state index is 0.227. The number of thiocarbonyl (C=S) groups is 1. The highest BCUT2D eigenvalue weighted by Crippen LogP contribution is 2.26. The number of hydrogen-bond acceptors (Lipinski definition) is 3. The van der Waals surface area contributed by atoms with Gasteiger partial charge in [-0.2, -0.15) is 5.10 Å². The van der Waals surface area contributed by atoms with Crippen LogP contribution in [0, 0.1) is 0 Å². The van der Waals surface area contributed by atoms with Gasteiger partial charge in [0.15, 0.2) is 0 Å². The van der Waals surface area contributed by atoms with E-state index in [0.717, 1.165) is 12.1 Å². The SMILES string of the molecule is CCn1cc(COc2cccc(Cl)c2C(N)=S)cn1. The van der Waals surface area contributed by atoms with Crippen LogP contribution >= 0.6 is 23.8 Å². The zero-order valence-corrected chi connectivity index (χ0v) is 12.0. The van der Waals surface area contributed by atoms with E-state index in [9.17, 15) is 0 Å². The maximum absolute atomic E-state index is 6.07. The van der Waals surface area contributed by atoms with Gasteiger partial charge in [0.2, 0.25) is 0 Å². The summed E-state index contributed by atoms with van der Waals surface area (Å²) < 4.78 is 7.56. The van der Waals surface area contributed by atoms with Crippen molar-refractivity contribution in [3.05, 3.63) is 46.7 Å². The number of aromatic nitrogens is 2. The smallest absolute Gasteiger partial charge is 0.131 e. The van der Waals surface area contributed by atoms with Crippen molar-refractivity contribution in [2.24, 2.45) is 5.73 Å². The van der Waals surface area contributed by atoms with E-state index < -0.39 is 0 Å². The van der Waals surface area contributed by atoms with Crippen molar-refractivity contribution in [1.82, 2.24) is 9.78 Å². The van der Waals surface area contributed by atoms with E-state index in [4.69, 9.17) is 34.3 Å². The molecular formula is C13H14ClN3OS. The van der Waals surface area contributed by atoms with Crippen molar-refractivity contribution in [3.63, 3.8) is 0 Å². The lowest BCUT2D eigenvalue weighted by molar-refractivity contribution is 0.305. The maximum atomic E-state index is 6.07. The van der Waals surface area contributed by atoms with Crippen molar-refractivity contribution in [2.45, 2.75) is 20.1 Å². The highest BCUT2D eigenvalue weighted by molar-refractivity contribution is 7.80. The predicted molar refractivity (Wildman–Crippen MR) is 79.6 cm³/mol. The van der Waals surface area contributed by atoms with E-state index in [-0.39, 0.29) is 4.99 Å². The molecule has 0 aliphatic heterocycles. The van der Waals surface area contributed by atoms with Gasteiger partial charge in [-0.15, -0.1) is 0 Å². The fourth-order valence-corrected chi connectivity index (χ4v) is 2.21. The van der Waals surface area contributed by atoms with Crippen molar-refractivity contribution < 1.29 is 4.74 Å². The van der Waals surface area contributed by atoms with Crippen molar-refractivity contribution in [3.8, 4) is 5.75 Å². The fourth-order valence-electron chi connectivity index (χ4n) is 1.68. The van der Waals surface area contributed by atoms with E-state index in [1.54, 1.807) is 24.4 Å². The Bertz CT molecular complexity index is 597. The highest BCUT2D eigenvalue weighted by Gasteiger charge is 2.11. The van der Waals surface area contributed by atoms with Gasteiger partial charge in [0.1, 0.15) is 17.3 Å². The number of benzene rings is 1. The van der Waals surface area contributed by atoms with E-state index in [1.165, 1.54) is 0 Å². The van der Waals surface area contributed by atoms with Crippen LogP contribution in [0.1, 0.15) is 18.1 Å². The van der Waals surface area contributed by atoms with Gasteiger partial charge >= 0.3 is 0 Å². The highest BCUT2D eigenvalue weighted by atomic mass is 35.5. The molecule has 1 aromatic heterocycles. The zero-order chi connectivity index (χ0) is 13.8. The fraction of sp³-hybridized carbons (Fsp3) is 0.231. The van der Waals surface area contributed by atoms with Crippen LogP contribution in [0.2, 0.25) is 5.02 Å². The Hall–Kier alpha value is -1.59. The molecular weight excluding hydrogens is 282 g/mol. The normalized spacial score (nSPS) is 10.4. The molecule has 0 radical (unpaired) electrons. The minimum absolute atomic E-state index is 0.227. The molecule has 4 nitrogen and oxygen atoms in total. The quantitative estimate of drug-likeness (QED) is 0.862. The summed E-state index contributed by atoms with van der Waals surface area (Å²) in [7, 11) is 0. The Morgan fingerprint density at radius 1 is 1.53 bits per heavy atom. The molecule has 0 aliphatic carbocycles. The summed E-state index contributed by atoms with van der Waals surface area (Å²) in [5.74, 6) is 0.587. The Morgan fingerprint density at radius 2 is 2.32 bits per heavy atom. The number of hydrogen-bond donors (Lipinski definition) is 1. The Labute approximate surface area is 122 Å². The summed E-state index contributed by atoms with van der Waals surface area (Å²) in [6, 6.07) is 5.33. The topological polar surface area (TPSA) is 53.1 Å². The molecule has 6 heteroatoms. The Kier molecular flexibility index (Phi) is 4.39. The molecule has 0 saturated carbocycles. The summed E-state index contributed by atoms with van der Waals surface area (Å²) in [6.07, 6.45) is 3.71. The van der Waals surface area contributed by atoms with Crippen molar-refractivity contribution >= 4 is 28.8 Å². The zero-order valence-electron chi connectivity index (χ0n) is 10.5. The number of rotatable bonds is 5. The van der Waals surface area contributed by atoms with Crippen LogP contribution in [0.15, 0.2) is 30.6 Å². The van der Waals surface area contributed by atoms with Gasteiger partial charge in [-0.1, -0.05) is 29.9 Å². The first-order valence-corrected chi connectivity index (χ1v) is 6.63. The van der Waals surface area contributed by atoms with E-state index in [2.05, 4.69) is 5.10 Å². The van der Waals surface area contributed by atoms with Crippen LogP contribution in [0.3, 0.4) is 0 Å². The number of nitrogens with zero attached hydrogens (tertiary/aromatic N) is 2. The molecule has 2 aromatic rings. The average Bonchev–Trinajstić information content (AvgIpc) is 2.83. The standard InChI is InChI=1S/C13H14ClN3OS/c1-2-17-7-9(6-16-17)8-18-11-5-3-4-10(14)12(11)13(15)19/h3-7H,2,8H2,1H3,(H2,15,19). The monoisotopic (exact) mass is 295 g/mol. The van der Waals surface area contributed by atoms with Gasteiger partial charge in [0, 0.05) is 18.3 Å². The van der Waals surface area contributed by atoms with Gasteiger partial charge in [0.25, 0.3) is 0 Å². The third kappa shape index (κ3) is 3.24. The van der Waals surface area contributed by atoms with Crippen LogP contribution in [0.4, 0.5) is 0 Å². The molecule has 0 bridgehead atoms. The van der Waals surface area contributed by atoms with E-state index in [1.807, 2.05) is 17.8 Å². The first-order chi connectivity index (χ1) is 9.11. The summed E-state index contributed by atoms with van der Waals surface area (Å²) in [4.78, 5) is 0.227. The Balaban J connectivity index is 2.15. The summed E-state index contributed by atoms with van der Waals surface area (Å²) in [6.45, 7) is 3.25. The molecule has 2 rings (SSSR count). The largest absolute Gasteiger partial charge is 0.488 e. The van der Waals surface area contributed by atoms with Gasteiger partial charge in [-0.25, -0.2) is 0 Å². The molecule has 0 spiro atoms. The second kappa shape index (κ2) is 6.04. The third-order valence-corrected chi connectivity index (χ3v) is 3.15. The van der Waals surface area contributed by atoms with E-state index in [0.29, 0.717) is 22.9 Å². The van der Waals surface area contributed by atoms with Gasteiger partial charge in [-0.05, 0) is 19.1 Å². The second-order valence-corrected chi connectivity index (χ2v) is 4.82. The lowest BCUT2D eigenvalue weighted by Crippen LogP contribution is -2.12. The van der Waals surface area contributed by atoms with Crippen molar-refractivity contribution in [1.29, 1.82) is 0 Å². The van der Waals surface area contributed by atoms with Crippen molar-refractivity contribution in [2.75, 3.05) is 0 Å². The lowest BCUT2D eigenvalue weighted by Gasteiger charge is -2.11. The second-order valence-electron chi connectivity index (χ2n) is 3.97. The molecule has 0 fully saturated rings. The predicted octanol–water partition coefficient (Wildman–Crippen LogP) is 2.77. The van der Waals surface area contributed by atoms with Gasteiger partial charge in [-0.3, -0.25) is 4.68 Å². The molecule has 19 heavy (non-hydrogen) atoms. The summed E-state index contributed by atoms with van der Waals surface area (Å²) in [5.41, 5.74) is 7.21. The molecule has 0 unspecified atom stereocenters. The van der Waals surface area contributed by atoms with E-state index >= 15 is 0 Å². The lowest BCUT2D eigenvalue weighted by atomic mass is 10.2. The third-order valence-electron chi connectivity index (χ3n) is 2.63. The maximum Gasteiger partial charge on any atom is 0.131 e. The molecule has 2 N–H and O–H groups in total. The van der Waals surface area contributed by atoms with Crippen LogP contribution in [-0.2, 0) is 13.2 Å². The molecule has 0 aliphatic rings. The summed E-state index contributed by atoms with van der Waals surface area (Å²) in [5, 5.41) is 4.68. The first kappa shape index (κ1) is 13.8. The first-order valence-electron chi connectivity index (χ1n) is 5.84. The number of ether oxygens (including phenoxy) is 1. The molecule has 0 atom stereocenters. The molecule has 100 valence electrons. The van der Waals surface area contributed by atoms with Crippen LogP contribution in [-0.4, -0.2) is 14.8 Å². The van der Waals surface area contributed by atoms with Gasteiger partial charge in [0.05, 0.1) is 16.8 Å². The molecule has 1 heterocycles. The average molecular weight is 296 g/mol. The minimum Gasteiger partial charge on any atom is -0.488 e. The van der Waals surface area contributed by atoms with Gasteiger partial charge < -0.3 is 10.5 Å². The molecule has 1 aromatic carbocycles. The number of nitrogens with two attached hydrogens (primary N) is 1.